The van der Waals surface area contributed by atoms with E-state index < -0.39 is 15.9 Å². The first-order chi connectivity index (χ1) is 14.3. The summed E-state index contributed by atoms with van der Waals surface area (Å²) in [5.41, 5.74) is 3.15. The lowest BCUT2D eigenvalue weighted by atomic mass is 10.2. The SMILES string of the molecule is Cc1ccc(S(=O)(=O)N(CC(=O)Nc2ccc(C)c(Cl)c2)Cc2ccccc2)cc1. The monoisotopic (exact) mass is 442 g/mol. The molecule has 3 rings (SSSR count). The molecule has 0 aliphatic carbocycles. The molecule has 0 spiro atoms. The van der Waals surface area contributed by atoms with Gasteiger partial charge in [0.25, 0.3) is 0 Å². The third kappa shape index (κ3) is 5.48. The fraction of sp³-hybridized carbons (Fsp3) is 0.174. The van der Waals surface area contributed by atoms with Crippen LogP contribution in [0.15, 0.2) is 77.7 Å². The largest absolute Gasteiger partial charge is 0.325 e. The van der Waals surface area contributed by atoms with E-state index in [-0.39, 0.29) is 18.0 Å². The van der Waals surface area contributed by atoms with Gasteiger partial charge in [-0.3, -0.25) is 4.79 Å². The Morgan fingerprint density at radius 3 is 2.27 bits per heavy atom. The van der Waals surface area contributed by atoms with Crippen molar-refractivity contribution in [3.8, 4) is 0 Å². The lowest BCUT2D eigenvalue weighted by molar-refractivity contribution is -0.116. The standard InChI is InChI=1S/C23H23ClN2O3S/c1-17-8-12-21(13-9-17)30(28,29)26(15-19-6-4-3-5-7-19)16-23(27)25-20-11-10-18(2)22(24)14-20/h3-14H,15-16H2,1-2H3,(H,25,27). The van der Waals surface area contributed by atoms with Crippen molar-refractivity contribution in [1.82, 2.24) is 4.31 Å². The molecule has 0 saturated heterocycles. The van der Waals surface area contributed by atoms with Crippen LogP contribution in [-0.2, 0) is 21.4 Å². The van der Waals surface area contributed by atoms with Crippen LogP contribution in [0.1, 0.15) is 16.7 Å². The van der Waals surface area contributed by atoms with Crippen LogP contribution in [0, 0.1) is 13.8 Å². The van der Waals surface area contributed by atoms with Crippen molar-refractivity contribution >= 4 is 33.2 Å². The summed E-state index contributed by atoms with van der Waals surface area (Å²) in [6.45, 7) is 3.51. The second-order valence-corrected chi connectivity index (χ2v) is 9.43. The maximum absolute atomic E-state index is 13.3. The Hall–Kier alpha value is -2.67. The highest BCUT2D eigenvalue weighted by Crippen LogP contribution is 2.22. The van der Waals surface area contributed by atoms with E-state index in [1.807, 2.05) is 44.2 Å². The lowest BCUT2D eigenvalue weighted by Crippen LogP contribution is -2.37. The van der Waals surface area contributed by atoms with E-state index in [1.54, 1.807) is 42.5 Å². The van der Waals surface area contributed by atoms with Crippen LogP contribution in [0.5, 0.6) is 0 Å². The van der Waals surface area contributed by atoms with Crippen LogP contribution < -0.4 is 5.32 Å². The van der Waals surface area contributed by atoms with Crippen LogP contribution in [0.4, 0.5) is 5.69 Å². The molecular formula is C23H23ClN2O3S. The molecule has 3 aromatic rings. The summed E-state index contributed by atoms with van der Waals surface area (Å²) >= 11 is 6.12. The van der Waals surface area contributed by atoms with E-state index in [0.717, 1.165) is 16.7 Å². The minimum Gasteiger partial charge on any atom is -0.325 e. The molecule has 0 saturated carbocycles. The molecule has 0 aromatic heterocycles. The number of halogens is 1. The minimum absolute atomic E-state index is 0.0825. The Bertz CT molecular complexity index is 1130. The van der Waals surface area contributed by atoms with E-state index in [4.69, 9.17) is 11.6 Å². The van der Waals surface area contributed by atoms with Crippen molar-refractivity contribution in [3.63, 3.8) is 0 Å². The van der Waals surface area contributed by atoms with Gasteiger partial charge in [-0.15, -0.1) is 0 Å². The first-order valence-electron chi connectivity index (χ1n) is 9.42. The first-order valence-corrected chi connectivity index (χ1v) is 11.2. The molecule has 0 unspecified atom stereocenters. The van der Waals surface area contributed by atoms with Gasteiger partial charge in [0.2, 0.25) is 15.9 Å². The maximum Gasteiger partial charge on any atom is 0.243 e. The lowest BCUT2D eigenvalue weighted by Gasteiger charge is -2.22. The summed E-state index contributed by atoms with van der Waals surface area (Å²) in [6.07, 6.45) is 0. The van der Waals surface area contributed by atoms with Gasteiger partial charge in [0, 0.05) is 17.3 Å². The topological polar surface area (TPSA) is 66.5 Å². The average Bonchev–Trinajstić information content (AvgIpc) is 2.71. The van der Waals surface area contributed by atoms with Gasteiger partial charge >= 0.3 is 0 Å². The predicted molar refractivity (Wildman–Crippen MR) is 120 cm³/mol. The number of amides is 1. The summed E-state index contributed by atoms with van der Waals surface area (Å²) in [5, 5.41) is 3.26. The molecule has 0 heterocycles. The number of sulfonamides is 1. The van der Waals surface area contributed by atoms with Gasteiger partial charge in [0.15, 0.2) is 0 Å². The normalized spacial score (nSPS) is 11.5. The van der Waals surface area contributed by atoms with E-state index in [0.29, 0.717) is 10.7 Å². The third-order valence-electron chi connectivity index (χ3n) is 4.64. The summed E-state index contributed by atoms with van der Waals surface area (Å²) < 4.78 is 27.7. The summed E-state index contributed by atoms with van der Waals surface area (Å²) in [6, 6.07) is 20.9. The van der Waals surface area contributed by atoms with Crippen molar-refractivity contribution in [2.45, 2.75) is 25.3 Å². The van der Waals surface area contributed by atoms with Gasteiger partial charge in [-0.05, 0) is 49.2 Å². The Morgan fingerprint density at radius 2 is 1.63 bits per heavy atom. The number of rotatable bonds is 7. The van der Waals surface area contributed by atoms with Crippen LogP contribution in [0.2, 0.25) is 5.02 Å². The number of hydrogen-bond acceptors (Lipinski definition) is 3. The van der Waals surface area contributed by atoms with Gasteiger partial charge in [-0.2, -0.15) is 4.31 Å². The number of nitrogens with zero attached hydrogens (tertiary/aromatic N) is 1. The molecule has 0 aliphatic rings. The molecule has 0 bridgehead atoms. The zero-order valence-corrected chi connectivity index (χ0v) is 18.4. The van der Waals surface area contributed by atoms with Crippen molar-refractivity contribution < 1.29 is 13.2 Å². The molecule has 7 heteroatoms. The zero-order chi connectivity index (χ0) is 21.7. The quantitative estimate of drug-likeness (QED) is 0.572. The highest BCUT2D eigenvalue weighted by molar-refractivity contribution is 7.89. The average molecular weight is 443 g/mol. The number of hydrogen-bond donors (Lipinski definition) is 1. The predicted octanol–water partition coefficient (Wildman–Crippen LogP) is 4.79. The molecule has 156 valence electrons. The third-order valence-corrected chi connectivity index (χ3v) is 6.85. The molecule has 0 aliphatic heterocycles. The Morgan fingerprint density at radius 1 is 0.967 bits per heavy atom. The molecule has 1 N–H and O–H groups in total. The van der Waals surface area contributed by atoms with Gasteiger partial charge in [0.05, 0.1) is 11.4 Å². The maximum atomic E-state index is 13.3. The summed E-state index contributed by atoms with van der Waals surface area (Å²) in [4.78, 5) is 12.8. The molecule has 30 heavy (non-hydrogen) atoms. The van der Waals surface area contributed by atoms with Crippen LogP contribution in [-0.4, -0.2) is 25.2 Å². The Balaban J connectivity index is 1.86. The number of aryl methyl sites for hydroxylation is 2. The number of carbonyl (C=O) groups excluding carboxylic acids is 1. The number of anilines is 1. The molecule has 5 nitrogen and oxygen atoms in total. The Labute approximate surface area is 182 Å². The van der Waals surface area contributed by atoms with Crippen molar-refractivity contribution in [1.29, 1.82) is 0 Å². The summed E-state index contributed by atoms with van der Waals surface area (Å²) in [7, 11) is -3.87. The second-order valence-electron chi connectivity index (χ2n) is 7.08. The smallest absolute Gasteiger partial charge is 0.243 e. The fourth-order valence-corrected chi connectivity index (χ4v) is 4.47. The zero-order valence-electron chi connectivity index (χ0n) is 16.8. The Kier molecular flexibility index (Phi) is 6.92. The minimum atomic E-state index is -3.87. The van der Waals surface area contributed by atoms with Crippen molar-refractivity contribution in [2.24, 2.45) is 0 Å². The van der Waals surface area contributed by atoms with E-state index in [1.165, 1.54) is 4.31 Å². The molecule has 1 amide bonds. The van der Waals surface area contributed by atoms with Crippen LogP contribution >= 0.6 is 11.6 Å². The van der Waals surface area contributed by atoms with Gasteiger partial charge in [0.1, 0.15) is 0 Å². The molecule has 0 fully saturated rings. The van der Waals surface area contributed by atoms with Crippen molar-refractivity contribution in [3.05, 3.63) is 94.5 Å². The van der Waals surface area contributed by atoms with E-state index >= 15 is 0 Å². The number of benzene rings is 3. The molecule has 3 aromatic carbocycles. The molecular weight excluding hydrogens is 420 g/mol. The molecule has 0 radical (unpaired) electrons. The first kappa shape index (κ1) is 22.0. The van der Waals surface area contributed by atoms with E-state index in [9.17, 15) is 13.2 Å². The van der Waals surface area contributed by atoms with Gasteiger partial charge in [-0.25, -0.2) is 8.42 Å². The molecule has 0 atom stereocenters. The highest BCUT2D eigenvalue weighted by atomic mass is 35.5. The van der Waals surface area contributed by atoms with E-state index in [2.05, 4.69) is 5.32 Å². The number of nitrogens with one attached hydrogen (secondary N) is 1. The highest BCUT2D eigenvalue weighted by Gasteiger charge is 2.27. The van der Waals surface area contributed by atoms with Gasteiger partial charge < -0.3 is 5.32 Å². The number of carbonyl (C=O) groups is 1. The fourth-order valence-electron chi connectivity index (χ4n) is 2.90. The second kappa shape index (κ2) is 9.43. The van der Waals surface area contributed by atoms with Crippen LogP contribution in [0.25, 0.3) is 0 Å². The van der Waals surface area contributed by atoms with Gasteiger partial charge in [-0.1, -0.05) is 65.7 Å². The van der Waals surface area contributed by atoms with Crippen LogP contribution in [0.3, 0.4) is 0 Å². The van der Waals surface area contributed by atoms with Crippen molar-refractivity contribution in [2.75, 3.05) is 11.9 Å². The summed E-state index contributed by atoms with van der Waals surface area (Å²) in [5.74, 6) is -0.443.